The van der Waals surface area contributed by atoms with Crippen molar-refractivity contribution in [3.05, 3.63) is 63.2 Å². The lowest BCUT2D eigenvalue weighted by atomic mass is 10.2. The van der Waals surface area contributed by atoms with Crippen LogP contribution in [0.15, 0.2) is 47.4 Å². The number of rotatable bonds is 4. The van der Waals surface area contributed by atoms with E-state index in [0.717, 1.165) is 6.07 Å². The largest absolute Gasteiger partial charge is 0.289 e. The Balaban J connectivity index is 2.49. The zero-order valence-corrected chi connectivity index (χ0v) is 12.5. The van der Waals surface area contributed by atoms with Crippen LogP contribution in [-0.4, -0.2) is 13.3 Å². The fourth-order valence-electron chi connectivity index (χ4n) is 1.74. The molecule has 6 nitrogen and oxygen atoms in total. The average Bonchev–Trinajstić information content (AvgIpc) is 2.42. The third kappa shape index (κ3) is 3.32. The molecule has 2 aromatic carbocycles. The number of nitro benzene ring substituents is 1. The molecule has 0 aliphatic rings. The smallest absolute Gasteiger partial charge is 0.279 e. The quantitative estimate of drug-likeness (QED) is 0.689. The summed E-state index contributed by atoms with van der Waals surface area (Å²) in [4.78, 5) is 9.80. The van der Waals surface area contributed by atoms with Crippen LogP contribution in [0.5, 0.6) is 0 Å². The monoisotopic (exact) mass is 326 g/mol. The second-order valence-corrected chi connectivity index (χ2v) is 6.38. The van der Waals surface area contributed by atoms with Crippen molar-refractivity contribution in [3.63, 3.8) is 0 Å². The van der Waals surface area contributed by atoms with Crippen LogP contribution in [0.25, 0.3) is 0 Å². The summed E-state index contributed by atoms with van der Waals surface area (Å²) >= 11 is 5.83. The van der Waals surface area contributed by atoms with Crippen LogP contribution in [-0.2, 0) is 10.0 Å². The van der Waals surface area contributed by atoms with E-state index in [1.165, 1.54) is 24.3 Å². The first-order valence-electron chi connectivity index (χ1n) is 5.83. The summed E-state index contributed by atoms with van der Waals surface area (Å²) in [6.07, 6.45) is 0. The maximum absolute atomic E-state index is 12.3. The van der Waals surface area contributed by atoms with Crippen molar-refractivity contribution < 1.29 is 13.3 Å². The van der Waals surface area contributed by atoms with Crippen molar-refractivity contribution in [2.45, 2.75) is 11.8 Å². The lowest BCUT2D eigenvalue weighted by Gasteiger charge is -2.11. The molecule has 0 spiro atoms. The highest BCUT2D eigenvalue weighted by atomic mass is 35.5. The Morgan fingerprint density at radius 3 is 2.52 bits per heavy atom. The third-order valence-electron chi connectivity index (χ3n) is 2.80. The van der Waals surface area contributed by atoms with Gasteiger partial charge in [0.05, 0.1) is 10.6 Å². The maximum atomic E-state index is 12.3. The maximum Gasteiger partial charge on any atom is 0.289 e. The van der Waals surface area contributed by atoms with Gasteiger partial charge in [-0.05, 0) is 30.7 Å². The predicted octanol–water partition coefficient (Wildman–Crippen LogP) is 3.36. The number of hydrogen-bond donors (Lipinski definition) is 1. The second kappa shape index (κ2) is 5.71. The second-order valence-electron chi connectivity index (χ2n) is 4.29. The number of nitrogens with zero attached hydrogens (tertiary/aromatic N) is 1. The zero-order chi connectivity index (χ0) is 15.6. The van der Waals surface area contributed by atoms with Crippen LogP contribution in [0.3, 0.4) is 0 Å². The predicted molar refractivity (Wildman–Crippen MR) is 80.1 cm³/mol. The normalized spacial score (nSPS) is 11.1. The molecule has 0 radical (unpaired) electrons. The Morgan fingerprint density at radius 2 is 1.86 bits per heavy atom. The average molecular weight is 327 g/mol. The van der Waals surface area contributed by atoms with Crippen LogP contribution >= 0.6 is 11.6 Å². The topological polar surface area (TPSA) is 89.3 Å². The Morgan fingerprint density at radius 1 is 1.19 bits per heavy atom. The molecule has 8 heteroatoms. The molecule has 0 aliphatic heterocycles. The van der Waals surface area contributed by atoms with Gasteiger partial charge in [0.1, 0.15) is 0 Å². The Labute approximate surface area is 126 Å². The van der Waals surface area contributed by atoms with Crippen LogP contribution in [0.2, 0.25) is 5.02 Å². The summed E-state index contributed by atoms with van der Waals surface area (Å²) in [7, 11) is -4.08. The number of sulfonamides is 1. The van der Waals surface area contributed by atoms with Crippen molar-refractivity contribution in [2.75, 3.05) is 4.72 Å². The van der Waals surface area contributed by atoms with E-state index in [4.69, 9.17) is 11.6 Å². The molecule has 0 heterocycles. The van der Waals surface area contributed by atoms with Gasteiger partial charge in [-0.15, -0.1) is 0 Å². The van der Waals surface area contributed by atoms with Gasteiger partial charge >= 0.3 is 0 Å². The lowest BCUT2D eigenvalue weighted by molar-refractivity contribution is -0.387. The molecule has 0 aromatic heterocycles. The molecule has 1 N–H and O–H groups in total. The standard InChI is InChI=1S/C13H11ClN2O4S/c1-9-6-7-10(14)8-11(9)15-21(19,20)13-5-3-2-4-12(13)16(17)18/h2-8,15H,1H3. The molecule has 2 rings (SSSR count). The van der Waals surface area contributed by atoms with E-state index in [9.17, 15) is 18.5 Å². The highest BCUT2D eigenvalue weighted by Crippen LogP contribution is 2.27. The van der Waals surface area contributed by atoms with Gasteiger partial charge in [-0.3, -0.25) is 14.8 Å². The minimum Gasteiger partial charge on any atom is -0.279 e. The first kappa shape index (κ1) is 15.3. The number of halogens is 1. The molecular weight excluding hydrogens is 316 g/mol. The van der Waals surface area contributed by atoms with Crippen molar-refractivity contribution in [3.8, 4) is 0 Å². The van der Waals surface area contributed by atoms with Crippen molar-refractivity contribution in [2.24, 2.45) is 0 Å². The number of benzene rings is 2. The molecule has 0 atom stereocenters. The first-order chi connectivity index (χ1) is 9.81. The van der Waals surface area contributed by atoms with Crippen LogP contribution < -0.4 is 4.72 Å². The van der Waals surface area contributed by atoms with Crippen molar-refractivity contribution >= 4 is 33.0 Å². The number of hydrogen-bond acceptors (Lipinski definition) is 4. The van der Waals surface area contributed by atoms with Gasteiger partial charge in [-0.25, -0.2) is 8.42 Å². The summed E-state index contributed by atoms with van der Waals surface area (Å²) < 4.78 is 27.0. The molecule has 21 heavy (non-hydrogen) atoms. The third-order valence-corrected chi connectivity index (χ3v) is 4.44. The fraction of sp³-hybridized carbons (Fsp3) is 0.0769. The van der Waals surface area contributed by atoms with Gasteiger partial charge in [0.25, 0.3) is 15.7 Å². The van der Waals surface area contributed by atoms with Gasteiger partial charge in [-0.2, -0.15) is 0 Å². The molecule has 2 aromatic rings. The van der Waals surface area contributed by atoms with Crippen LogP contribution in [0, 0.1) is 17.0 Å². The molecule has 0 saturated heterocycles. The molecule has 0 fully saturated rings. The minimum absolute atomic E-state index is 0.278. The lowest BCUT2D eigenvalue weighted by Crippen LogP contribution is -2.15. The van der Waals surface area contributed by atoms with E-state index >= 15 is 0 Å². The Bertz CT molecular complexity index is 806. The summed E-state index contributed by atoms with van der Waals surface area (Å²) in [5, 5.41) is 11.3. The van der Waals surface area contributed by atoms with Gasteiger partial charge in [0, 0.05) is 11.1 Å². The fourth-order valence-corrected chi connectivity index (χ4v) is 3.21. The van der Waals surface area contributed by atoms with Crippen molar-refractivity contribution in [1.29, 1.82) is 0 Å². The Kier molecular flexibility index (Phi) is 4.15. The van der Waals surface area contributed by atoms with E-state index in [2.05, 4.69) is 4.72 Å². The first-order valence-corrected chi connectivity index (χ1v) is 7.70. The van der Waals surface area contributed by atoms with Gasteiger partial charge < -0.3 is 0 Å². The SMILES string of the molecule is Cc1ccc(Cl)cc1NS(=O)(=O)c1ccccc1[N+](=O)[O-]. The highest BCUT2D eigenvalue weighted by Gasteiger charge is 2.25. The van der Waals surface area contributed by atoms with E-state index in [-0.39, 0.29) is 5.69 Å². The van der Waals surface area contributed by atoms with Crippen molar-refractivity contribution in [1.82, 2.24) is 0 Å². The molecule has 0 bridgehead atoms. The number of nitro groups is 1. The summed E-state index contributed by atoms with van der Waals surface area (Å²) in [6.45, 7) is 1.70. The van der Waals surface area contributed by atoms with Gasteiger partial charge in [-0.1, -0.05) is 29.8 Å². The van der Waals surface area contributed by atoms with Crippen LogP contribution in [0.4, 0.5) is 11.4 Å². The number of nitrogens with one attached hydrogen (secondary N) is 1. The minimum atomic E-state index is -4.08. The van der Waals surface area contributed by atoms with E-state index in [1.807, 2.05) is 0 Å². The van der Waals surface area contributed by atoms with Crippen LogP contribution in [0.1, 0.15) is 5.56 Å². The molecule has 110 valence electrons. The molecule has 0 unspecified atom stereocenters. The van der Waals surface area contributed by atoms with Gasteiger partial charge in [0.2, 0.25) is 0 Å². The number of para-hydroxylation sites is 1. The Hall–Kier alpha value is -2.12. The van der Waals surface area contributed by atoms with Gasteiger partial charge in [0.15, 0.2) is 4.90 Å². The van der Waals surface area contributed by atoms with E-state index < -0.39 is 25.5 Å². The highest BCUT2D eigenvalue weighted by molar-refractivity contribution is 7.92. The zero-order valence-electron chi connectivity index (χ0n) is 10.9. The summed E-state index contributed by atoms with van der Waals surface area (Å²) in [6, 6.07) is 9.87. The molecule has 0 saturated carbocycles. The molecular formula is C13H11ClN2O4S. The van der Waals surface area contributed by atoms with E-state index in [1.54, 1.807) is 19.1 Å². The summed E-state index contributed by atoms with van der Waals surface area (Å²) in [5.41, 5.74) is 0.451. The number of anilines is 1. The van der Waals surface area contributed by atoms with E-state index in [0.29, 0.717) is 10.6 Å². The molecule has 0 aliphatic carbocycles. The number of aryl methyl sites for hydroxylation is 1. The summed E-state index contributed by atoms with van der Waals surface area (Å²) in [5.74, 6) is 0. The molecule has 0 amide bonds.